The highest BCUT2D eigenvalue weighted by Crippen LogP contribution is 2.19. The second-order valence-electron chi connectivity index (χ2n) is 10.7. The van der Waals surface area contributed by atoms with Gasteiger partial charge in [0.1, 0.15) is 30.5 Å². The number of aliphatic hydroxyl groups is 1. The maximum atomic E-state index is 13.3. The molecule has 14 nitrogen and oxygen atoms in total. The van der Waals surface area contributed by atoms with E-state index in [-0.39, 0.29) is 30.4 Å². The van der Waals surface area contributed by atoms with E-state index in [1.807, 2.05) is 0 Å². The van der Waals surface area contributed by atoms with Crippen molar-refractivity contribution in [3.63, 3.8) is 0 Å². The lowest BCUT2D eigenvalue weighted by Gasteiger charge is -2.27. The summed E-state index contributed by atoms with van der Waals surface area (Å²) in [7, 11) is 0. The lowest BCUT2D eigenvalue weighted by molar-refractivity contribution is -0.134. The maximum absolute atomic E-state index is 13.3. The number of amides is 5. The van der Waals surface area contributed by atoms with Crippen LogP contribution in [0.4, 0.5) is 0 Å². The Kier molecular flexibility index (Phi) is 12.5. The van der Waals surface area contributed by atoms with Gasteiger partial charge in [-0.15, -0.1) is 0 Å². The second-order valence-corrected chi connectivity index (χ2v) is 10.7. The zero-order valence-electron chi connectivity index (χ0n) is 24.3. The quantitative estimate of drug-likeness (QED) is 0.221. The average Bonchev–Trinajstić information content (AvgIpc) is 2.97. The monoisotopic (exact) mass is 590 g/mol. The fourth-order valence-corrected chi connectivity index (χ4v) is 4.52. The summed E-state index contributed by atoms with van der Waals surface area (Å²) < 4.78 is 11.2. The molecule has 2 aliphatic heterocycles. The van der Waals surface area contributed by atoms with Crippen molar-refractivity contribution in [3.05, 3.63) is 29.8 Å². The van der Waals surface area contributed by atoms with E-state index in [4.69, 9.17) is 9.47 Å². The number of hydrogen-bond acceptors (Lipinski definition) is 9. The van der Waals surface area contributed by atoms with Gasteiger partial charge in [0.05, 0.1) is 37.8 Å². The van der Waals surface area contributed by atoms with Crippen molar-refractivity contribution in [1.29, 1.82) is 0 Å². The van der Waals surface area contributed by atoms with E-state index in [0.717, 1.165) is 13.1 Å². The van der Waals surface area contributed by atoms with E-state index >= 15 is 0 Å². The van der Waals surface area contributed by atoms with Gasteiger partial charge in [-0.1, -0.05) is 26.0 Å². The summed E-state index contributed by atoms with van der Waals surface area (Å²) >= 11 is 0. The largest absolute Gasteiger partial charge is 0.491 e. The van der Waals surface area contributed by atoms with Gasteiger partial charge in [-0.3, -0.25) is 28.9 Å². The molecule has 1 aromatic rings. The number of nitrogens with zero attached hydrogens (tertiary/aromatic N) is 1. The molecule has 0 radical (unpaired) electrons. The van der Waals surface area contributed by atoms with Gasteiger partial charge in [0, 0.05) is 26.2 Å². The number of hydrogen-bond donors (Lipinski definition) is 6. The smallest absolute Gasteiger partial charge is 0.255 e. The van der Waals surface area contributed by atoms with Crippen molar-refractivity contribution >= 4 is 29.5 Å². The first-order valence-electron chi connectivity index (χ1n) is 14.2. The molecule has 5 amide bonds. The third-order valence-electron chi connectivity index (χ3n) is 6.93. The number of benzene rings is 1. The second kappa shape index (κ2) is 16.0. The number of aliphatic hydroxyl groups excluding tert-OH is 1. The molecule has 2 aliphatic rings. The maximum Gasteiger partial charge on any atom is 0.255 e. The SMILES string of the molecule is CC(C)[C@H]1NC(=O)[C@H](CO)NC(=O)C[C@@H](C(=O)NCCN2CCOCC2)NC(=O)c2ccccc2OC[C@H](C)NC1=O. The van der Waals surface area contributed by atoms with Crippen molar-refractivity contribution in [2.24, 2.45) is 5.92 Å². The lowest BCUT2D eigenvalue weighted by atomic mass is 10.0. The molecule has 0 aromatic heterocycles. The molecular formula is C28H42N6O8. The minimum absolute atomic E-state index is 0.0134. The molecule has 232 valence electrons. The predicted octanol–water partition coefficient (Wildman–Crippen LogP) is -1.86. The van der Waals surface area contributed by atoms with Crippen LogP contribution >= 0.6 is 0 Å². The minimum Gasteiger partial charge on any atom is -0.491 e. The lowest BCUT2D eigenvalue weighted by Crippen LogP contribution is -2.58. The van der Waals surface area contributed by atoms with Crippen LogP contribution in [0.2, 0.25) is 0 Å². The number of morpholine rings is 1. The molecule has 0 saturated carbocycles. The van der Waals surface area contributed by atoms with Crippen LogP contribution in [0.25, 0.3) is 0 Å². The Morgan fingerprint density at radius 2 is 1.76 bits per heavy atom. The molecule has 0 spiro atoms. The first-order valence-corrected chi connectivity index (χ1v) is 14.2. The van der Waals surface area contributed by atoms with Crippen molar-refractivity contribution in [3.8, 4) is 5.75 Å². The fourth-order valence-electron chi connectivity index (χ4n) is 4.52. The molecule has 1 saturated heterocycles. The summed E-state index contributed by atoms with van der Waals surface area (Å²) in [6, 6.07) is 2.29. The first kappa shape index (κ1) is 32.8. The third kappa shape index (κ3) is 9.67. The first-order chi connectivity index (χ1) is 20.1. The number of rotatable bonds is 6. The molecule has 2 heterocycles. The topological polar surface area (TPSA) is 187 Å². The molecule has 0 aliphatic carbocycles. The van der Waals surface area contributed by atoms with E-state index in [2.05, 4.69) is 31.5 Å². The molecule has 0 bridgehead atoms. The van der Waals surface area contributed by atoms with Crippen molar-refractivity contribution < 1.29 is 38.6 Å². The van der Waals surface area contributed by atoms with Crippen LogP contribution in [0.3, 0.4) is 0 Å². The van der Waals surface area contributed by atoms with Crippen molar-refractivity contribution in [2.75, 3.05) is 52.6 Å². The van der Waals surface area contributed by atoms with Crippen molar-refractivity contribution in [1.82, 2.24) is 31.5 Å². The molecule has 14 heteroatoms. The average molecular weight is 591 g/mol. The van der Waals surface area contributed by atoms with Gasteiger partial charge < -0.3 is 41.2 Å². The van der Waals surface area contributed by atoms with Gasteiger partial charge in [-0.2, -0.15) is 0 Å². The molecule has 1 fully saturated rings. The Morgan fingerprint density at radius 1 is 1.05 bits per heavy atom. The van der Waals surface area contributed by atoms with E-state index in [0.29, 0.717) is 19.8 Å². The number of ether oxygens (including phenoxy) is 2. The normalized spacial score (nSPS) is 25.2. The molecule has 6 N–H and O–H groups in total. The van der Waals surface area contributed by atoms with E-state index in [1.54, 1.807) is 39.0 Å². The Bertz CT molecular complexity index is 1110. The summed E-state index contributed by atoms with van der Waals surface area (Å²) in [5.74, 6) is -3.32. The van der Waals surface area contributed by atoms with Crippen molar-refractivity contribution in [2.45, 2.75) is 51.4 Å². The highest BCUT2D eigenvalue weighted by molar-refractivity contribution is 6.01. The summed E-state index contributed by atoms with van der Waals surface area (Å²) in [6.45, 7) is 7.99. The number of carbonyl (C=O) groups is 5. The predicted molar refractivity (Wildman–Crippen MR) is 151 cm³/mol. The Balaban J connectivity index is 1.84. The van der Waals surface area contributed by atoms with E-state index in [1.165, 1.54) is 6.07 Å². The fraction of sp³-hybridized carbons (Fsp3) is 0.607. The molecule has 3 rings (SSSR count). The number of nitrogens with one attached hydrogen (secondary N) is 5. The number of carbonyl (C=O) groups excluding carboxylic acids is 5. The van der Waals surface area contributed by atoms with Crippen LogP contribution in [0, 0.1) is 5.92 Å². The summed E-state index contributed by atoms with van der Waals surface area (Å²) in [5.41, 5.74) is 0.136. The van der Waals surface area contributed by atoms with E-state index in [9.17, 15) is 29.1 Å². The minimum atomic E-state index is -1.38. The Labute approximate surface area is 245 Å². The van der Waals surface area contributed by atoms with Gasteiger partial charge in [0.15, 0.2) is 0 Å². The van der Waals surface area contributed by atoms with Gasteiger partial charge in [0.25, 0.3) is 5.91 Å². The van der Waals surface area contributed by atoms with Crippen LogP contribution < -0.4 is 31.3 Å². The summed E-state index contributed by atoms with van der Waals surface area (Å²) in [6.07, 6.45) is -0.507. The van der Waals surface area contributed by atoms with Crippen LogP contribution in [0.1, 0.15) is 37.6 Å². The Morgan fingerprint density at radius 3 is 2.45 bits per heavy atom. The van der Waals surface area contributed by atoms with Gasteiger partial charge in [0.2, 0.25) is 23.6 Å². The zero-order chi connectivity index (χ0) is 30.6. The summed E-state index contributed by atoms with van der Waals surface area (Å²) in [5, 5.41) is 23.0. The molecule has 1 aromatic carbocycles. The van der Waals surface area contributed by atoms with Crippen LogP contribution in [-0.4, -0.2) is 116 Å². The number of fused-ring (bicyclic) bond motifs is 1. The molecular weight excluding hydrogens is 548 g/mol. The number of para-hydroxylation sites is 1. The molecule has 0 unspecified atom stereocenters. The van der Waals surface area contributed by atoms with Gasteiger partial charge >= 0.3 is 0 Å². The van der Waals surface area contributed by atoms with Gasteiger partial charge in [-0.05, 0) is 25.0 Å². The van der Waals surface area contributed by atoms with Crippen LogP contribution in [0.5, 0.6) is 5.75 Å². The third-order valence-corrected chi connectivity index (χ3v) is 6.93. The van der Waals surface area contributed by atoms with Crippen LogP contribution in [0.15, 0.2) is 24.3 Å². The summed E-state index contributed by atoms with van der Waals surface area (Å²) in [4.78, 5) is 67.5. The zero-order valence-corrected chi connectivity index (χ0v) is 24.3. The van der Waals surface area contributed by atoms with E-state index < -0.39 is 66.7 Å². The van der Waals surface area contributed by atoms with Crippen LogP contribution in [-0.2, 0) is 23.9 Å². The molecule has 4 atom stereocenters. The Hall–Kier alpha value is -3.75. The molecule has 42 heavy (non-hydrogen) atoms. The van der Waals surface area contributed by atoms with Gasteiger partial charge in [-0.25, -0.2) is 0 Å². The standard InChI is InChI=1S/C28H42N6O8/c1-17(2)24-28(40)30-18(3)16-42-22-7-5-4-6-19(22)25(37)32-20(14-23(36)31-21(15-35)27(39)33-24)26(38)29-8-9-34-10-12-41-13-11-34/h4-7,17-18,20-21,24,35H,8-16H2,1-3H3,(H,29,38)(H,30,40)(H,31,36)(H,32,37)(H,33,39)/t18-,20-,21-,24+/m0/s1. The highest BCUT2D eigenvalue weighted by atomic mass is 16.5. The highest BCUT2D eigenvalue weighted by Gasteiger charge is 2.31.